The fourth-order valence-electron chi connectivity index (χ4n) is 2.87. The van der Waals surface area contributed by atoms with Crippen LogP contribution in [0.4, 0.5) is 11.4 Å². The van der Waals surface area contributed by atoms with E-state index in [1.807, 2.05) is 38.1 Å². The Morgan fingerprint density at radius 1 is 1.23 bits per heavy atom. The molecule has 2 aromatic rings. The smallest absolute Gasteiger partial charge is 0.260 e. The number of nitrogens with zero attached hydrogens (tertiary/aromatic N) is 2. The predicted octanol–water partition coefficient (Wildman–Crippen LogP) is 3.11. The molecule has 1 aliphatic heterocycles. The quantitative estimate of drug-likeness (QED) is 0.857. The number of methoxy groups -OCH3 is 1. The van der Waals surface area contributed by atoms with Crippen molar-refractivity contribution in [1.29, 1.82) is 0 Å². The lowest BCUT2D eigenvalue weighted by molar-refractivity contribution is 0.0993. The van der Waals surface area contributed by atoms with Gasteiger partial charge in [-0.15, -0.1) is 0 Å². The Morgan fingerprint density at radius 2 is 1.96 bits per heavy atom. The van der Waals surface area contributed by atoms with E-state index < -0.39 is 0 Å². The van der Waals surface area contributed by atoms with Crippen molar-refractivity contribution in [1.82, 2.24) is 0 Å². The molecule has 1 aliphatic rings. The molecule has 0 spiro atoms. The van der Waals surface area contributed by atoms with Crippen molar-refractivity contribution < 1.29 is 14.3 Å². The molecule has 0 radical (unpaired) electrons. The fourth-order valence-corrected chi connectivity index (χ4v) is 2.87. The number of anilines is 2. The van der Waals surface area contributed by atoms with Gasteiger partial charge < -0.3 is 20.1 Å². The molecule has 6 heteroatoms. The third-order valence-corrected chi connectivity index (χ3v) is 4.28. The van der Waals surface area contributed by atoms with Crippen LogP contribution in [0.2, 0.25) is 0 Å². The second-order valence-corrected chi connectivity index (χ2v) is 6.82. The van der Waals surface area contributed by atoms with Crippen molar-refractivity contribution in [3.05, 3.63) is 53.6 Å². The van der Waals surface area contributed by atoms with E-state index in [0.29, 0.717) is 35.2 Å². The van der Waals surface area contributed by atoms with Gasteiger partial charge >= 0.3 is 0 Å². The number of benzene rings is 2. The molecule has 0 atom stereocenters. The zero-order chi connectivity index (χ0) is 18.9. The minimum absolute atomic E-state index is 0.230. The lowest BCUT2D eigenvalue weighted by Crippen LogP contribution is -2.28. The largest absolute Gasteiger partial charge is 0.495 e. The number of carbonyl (C=O) groups is 1. The Morgan fingerprint density at radius 3 is 2.62 bits per heavy atom. The third kappa shape index (κ3) is 3.22. The first-order valence-corrected chi connectivity index (χ1v) is 8.36. The summed E-state index contributed by atoms with van der Waals surface area (Å²) in [6, 6.07) is 12.7. The number of nitrogen functional groups attached to an aromatic ring is 1. The molecule has 1 amide bonds. The first-order valence-electron chi connectivity index (χ1n) is 8.36. The van der Waals surface area contributed by atoms with Crippen molar-refractivity contribution in [3.63, 3.8) is 0 Å². The SMILES string of the molecule is COc1cccc(C(=O)N(C)c2ccccc2C2=NC(C)(C)CO2)c1N. The first-order chi connectivity index (χ1) is 12.3. The monoisotopic (exact) mass is 353 g/mol. The molecule has 1 heterocycles. The molecule has 0 aliphatic carbocycles. The molecule has 0 unspecified atom stereocenters. The molecule has 0 bridgehead atoms. The van der Waals surface area contributed by atoms with Crippen molar-refractivity contribution in [2.75, 3.05) is 31.4 Å². The van der Waals surface area contributed by atoms with E-state index in [4.69, 9.17) is 15.2 Å². The molecule has 136 valence electrons. The number of carbonyl (C=O) groups excluding carboxylic acids is 1. The summed E-state index contributed by atoms with van der Waals surface area (Å²) in [6.45, 7) is 4.53. The Kier molecular flexibility index (Phi) is 4.59. The van der Waals surface area contributed by atoms with E-state index in [2.05, 4.69) is 4.99 Å². The van der Waals surface area contributed by atoms with E-state index in [-0.39, 0.29) is 11.4 Å². The van der Waals surface area contributed by atoms with Gasteiger partial charge in [0.1, 0.15) is 12.4 Å². The summed E-state index contributed by atoms with van der Waals surface area (Å²) in [5.41, 5.74) is 7.99. The number of aliphatic imine (C=N–C) groups is 1. The summed E-state index contributed by atoms with van der Waals surface area (Å²) in [4.78, 5) is 19.2. The number of para-hydroxylation sites is 2. The highest BCUT2D eigenvalue weighted by molar-refractivity contribution is 6.13. The molecule has 3 rings (SSSR count). The Balaban J connectivity index is 1.99. The summed E-state index contributed by atoms with van der Waals surface area (Å²) in [5, 5.41) is 0. The van der Waals surface area contributed by atoms with Crippen LogP contribution in [0.1, 0.15) is 29.8 Å². The Bertz CT molecular complexity index is 874. The normalized spacial score (nSPS) is 15.2. The lowest BCUT2D eigenvalue weighted by atomic mass is 10.1. The molecule has 2 aromatic carbocycles. The van der Waals surface area contributed by atoms with Gasteiger partial charge in [0.25, 0.3) is 5.91 Å². The van der Waals surface area contributed by atoms with Crippen molar-refractivity contribution in [2.45, 2.75) is 19.4 Å². The Hall–Kier alpha value is -3.02. The summed E-state index contributed by atoms with van der Waals surface area (Å²) in [6.07, 6.45) is 0. The molecular formula is C20H23N3O3. The molecule has 0 saturated heterocycles. The van der Waals surface area contributed by atoms with Gasteiger partial charge in [0.15, 0.2) is 0 Å². The second kappa shape index (κ2) is 6.71. The van der Waals surface area contributed by atoms with Crippen LogP contribution in [0.3, 0.4) is 0 Å². The zero-order valence-corrected chi connectivity index (χ0v) is 15.4. The van der Waals surface area contributed by atoms with Crippen LogP contribution < -0.4 is 15.4 Å². The fraction of sp³-hybridized carbons (Fsp3) is 0.300. The Labute approximate surface area is 153 Å². The maximum absolute atomic E-state index is 13.0. The predicted molar refractivity (Wildman–Crippen MR) is 103 cm³/mol. The van der Waals surface area contributed by atoms with E-state index in [9.17, 15) is 4.79 Å². The average Bonchev–Trinajstić information content (AvgIpc) is 3.00. The summed E-state index contributed by atoms with van der Waals surface area (Å²) in [5.74, 6) is 0.790. The van der Waals surface area contributed by atoms with E-state index in [0.717, 1.165) is 5.56 Å². The van der Waals surface area contributed by atoms with E-state index >= 15 is 0 Å². The number of hydrogen-bond acceptors (Lipinski definition) is 5. The molecular weight excluding hydrogens is 330 g/mol. The van der Waals surface area contributed by atoms with Crippen LogP contribution in [-0.4, -0.2) is 38.1 Å². The second-order valence-electron chi connectivity index (χ2n) is 6.82. The number of rotatable bonds is 4. The van der Waals surface area contributed by atoms with Crippen LogP contribution in [-0.2, 0) is 4.74 Å². The number of hydrogen-bond donors (Lipinski definition) is 1. The van der Waals surface area contributed by atoms with Crippen molar-refractivity contribution >= 4 is 23.2 Å². The maximum Gasteiger partial charge on any atom is 0.260 e. The average molecular weight is 353 g/mol. The molecule has 26 heavy (non-hydrogen) atoms. The minimum Gasteiger partial charge on any atom is -0.495 e. The molecule has 0 aromatic heterocycles. The summed E-state index contributed by atoms with van der Waals surface area (Å²) < 4.78 is 11.0. The molecule has 0 saturated carbocycles. The molecule has 0 fully saturated rings. The van der Waals surface area contributed by atoms with Crippen molar-refractivity contribution in [3.8, 4) is 5.75 Å². The van der Waals surface area contributed by atoms with E-state index in [1.54, 1.807) is 30.1 Å². The van der Waals surface area contributed by atoms with Gasteiger partial charge in [-0.05, 0) is 38.1 Å². The summed E-state index contributed by atoms with van der Waals surface area (Å²) in [7, 11) is 3.23. The highest BCUT2D eigenvalue weighted by Gasteiger charge is 2.29. The minimum atomic E-state index is -0.276. The number of nitrogens with two attached hydrogens (primary N) is 1. The van der Waals surface area contributed by atoms with Gasteiger partial charge in [0, 0.05) is 7.05 Å². The molecule has 6 nitrogen and oxygen atoms in total. The van der Waals surface area contributed by atoms with Gasteiger partial charge in [-0.3, -0.25) is 4.79 Å². The van der Waals surface area contributed by atoms with Crippen LogP contribution in [0.5, 0.6) is 5.75 Å². The topological polar surface area (TPSA) is 77.1 Å². The zero-order valence-electron chi connectivity index (χ0n) is 15.4. The number of amides is 1. The number of ether oxygens (including phenoxy) is 2. The van der Waals surface area contributed by atoms with Crippen molar-refractivity contribution in [2.24, 2.45) is 4.99 Å². The van der Waals surface area contributed by atoms with Gasteiger partial charge in [0.05, 0.1) is 35.2 Å². The highest BCUT2D eigenvalue weighted by Crippen LogP contribution is 2.30. The lowest BCUT2D eigenvalue weighted by Gasteiger charge is -2.21. The maximum atomic E-state index is 13.0. The first kappa shape index (κ1) is 17.8. The molecule has 2 N–H and O–H groups in total. The van der Waals surface area contributed by atoms with Gasteiger partial charge in [0.2, 0.25) is 5.90 Å². The van der Waals surface area contributed by atoms with Gasteiger partial charge in [-0.25, -0.2) is 4.99 Å². The third-order valence-electron chi connectivity index (χ3n) is 4.28. The highest BCUT2D eigenvalue weighted by atomic mass is 16.5. The van der Waals surface area contributed by atoms with Crippen LogP contribution in [0.15, 0.2) is 47.5 Å². The van der Waals surface area contributed by atoms with Crippen LogP contribution >= 0.6 is 0 Å². The van der Waals surface area contributed by atoms with Gasteiger partial charge in [-0.1, -0.05) is 18.2 Å². The van der Waals surface area contributed by atoms with E-state index in [1.165, 1.54) is 7.11 Å². The van der Waals surface area contributed by atoms with Gasteiger partial charge in [-0.2, -0.15) is 0 Å². The summed E-state index contributed by atoms with van der Waals surface area (Å²) >= 11 is 0. The van der Waals surface area contributed by atoms with Crippen LogP contribution in [0, 0.1) is 0 Å². The van der Waals surface area contributed by atoms with Crippen LogP contribution in [0.25, 0.3) is 0 Å². The standard InChI is InChI=1S/C20H23N3O3/c1-20(2)12-26-18(22-20)13-8-5-6-10-15(13)23(3)19(24)14-9-7-11-16(25-4)17(14)21/h5-11H,12,21H2,1-4H3.